The SMILES string of the molecule is CCC(=O)[C@H](CC(N)=O)NC(=O)CN(CCc1ccccc1)C(=O)[C@H](CCCN=C(N)N)NC(=O)[C@@H]1CCCN1C(=O)[C@H](CCCCN=C(N)N)NC(=O)[C@H](CCC(N)=O)NC(=O)C(C)(C)C(=O)NCCc1cnc[nH]1. The third-order valence-corrected chi connectivity index (χ3v) is 12.5. The number of aliphatic imine (C=N–C) groups is 2. The highest BCUT2D eigenvalue weighted by molar-refractivity contribution is 6.06. The molecule has 0 bridgehead atoms. The van der Waals surface area contributed by atoms with E-state index in [0.29, 0.717) is 19.3 Å². The molecule has 0 radical (unpaired) electrons. The largest absolute Gasteiger partial charge is 0.370 e. The fourth-order valence-electron chi connectivity index (χ4n) is 8.18. The molecule has 1 aliphatic rings. The number of imidazole rings is 1. The zero-order valence-corrected chi connectivity index (χ0v) is 43.6. The Bertz CT molecular complexity index is 2350. The zero-order chi connectivity index (χ0) is 56.4. The van der Waals surface area contributed by atoms with Crippen LogP contribution < -0.4 is 61.0 Å². The summed E-state index contributed by atoms with van der Waals surface area (Å²) in [6, 6.07) is 2.63. The van der Waals surface area contributed by atoms with Crippen molar-refractivity contribution in [1.82, 2.24) is 46.4 Å². The van der Waals surface area contributed by atoms with E-state index in [1.165, 1.54) is 30.0 Å². The maximum Gasteiger partial charge on any atom is 0.245 e. The molecule has 9 amide bonds. The first kappa shape index (κ1) is 62.2. The summed E-state index contributed by atoms with van der Waals surface area (Å²) >= 11 is 0. The number of aromatic amines is 1. The molecule has 1 aliphatic heterocycles. The number of carbonyl (C=O) groups excluding carboxylic acids is 10. The number of likely N-dealkylation sites (tertiary alicyclic amines) is 1. The van der Waals surface area contributed by atoms with Crippen LogP contribution in [0, 0.1) is 5.41 Å². The number of nitrogens with two attached hydrogens (primary N) is 6. The minimum Gasteiger partial charge on any atom is -0.370 e. The number of carbonyl (C=O) groups is 10. The van der Waals surface area contributed by atoms with Gasteiger partial charge in [0.2, 0.25) is 53.2 Å². The standard InChI is InChI=1S/C49H77N17O10/c1-4-37(67)35(26-39(51)69)61-40(70)28-65(25-20-30-12-6-5-7-13-30)43(73)33(15-10-22-59-48(54)55)63-42(72)36-16-11-24-66(36)44(74)34(14-8-9-21-58-47(52)53)62-41(71)32(17-18-38(50)68)64-46(76)49(2,3)45(75)57-23-19-31-27-56-29-60-31/h5-7,12-13,27,29,32-36H,4,8-11,14-26,28H2,1-3H3,(H2,50,68)(H2,51,69)(H,56,60)(H,57,75)(H,61,70)(H,62,71)(H,63,72)(H,64,76)(H4,52,53,58)(H4,54,55,59)/t32-,33-,34-,35-,36-/m0/s1. The highest BCUT2D eigenvalue weighted by atomic mass is 16.2. The monoisotopic (exact) mass is 1060 g/mol. The Labute approximate surface area is 441 Å². The fraction of sp³-hybridized carbons (Fsp3) is 0.571. The average molecular weight is 1060 g/mol. The second kappa shape index (κ2) is 31.6. The first-order valence-corrected chi connectivity index (χ1v) is 25.3. The number of nitrogens with one attached hydrogen (secondary N) is 6. The lowest BCUT2D eigenvalue weighted by molar-refractivity contribution is -0.145. The van der Waals surface area contributed by atoms with Gasteiger partial charge in [-0.2, -0.15) is 0 Å². The van der Waals surface area contributed by atoms with Gasteiger partial charge in [-0.15, -0.1) is 0 Å². The minimum absolute atomic E-state index is 0.00341. The zero-order valence-electron chi connectivity index (χ0n) is 43.6. The summed E-state index contributed by atoms with van der Waals surface area (Å²) in [4.78, 5) is 152. The third-order valence-electron chi connectivity index (χ3n) is 12.5. The number of unbranched alkanes of at least 4 members (excludes halogenated alkanes) is 1. The predicted octanol–water partition coefficient (Wildman–Crippen LogP) is -3.29. The van der Waals surface area contributed by atoms with E-state index in [4.69, 9.17) is 34.4 Å². The number of guanidine groups is 2. The van der Waals surface area contributed by atoms with Gasteiger partial charge in [-0.1, -0.05) is 37.3 Å². The van der Waals surface area contributed by atoms with Gasteiger partial charge in [0.1, 0.15) is 29.6 Å². The first-order valence-electron chi connectivity index (χ1n) is 25.3. The third kappa shape index (κ3) is 21.4. The molecule has 27 heteroatoms. The smallest absolute Gasteiger partial charge is 0.245 e. The minimum atomic E-state index is -1.71. The van der Waals surface area contributed by atoms with Gasteiger partial charge < -0.3 is 75.8 Å². The molecule has 1 aromatic carbocycles. The number of hydrogen-bond donors (Lipinski definition) is 12. The van der Waals surface area contributed by atoms with Crippen LogP contribution in [0.1, 0.15) is 103 Å². The van der Waals surface area contributed by atoms with Crippen LogP contribution in [0.4, 0.5) is 0 Å². The Morgan fingerprint density at radius 2 is 1.45 bits per heavy atom. The molecule has 2 heterocycles. The van der Waals surface area contributed by atoms with Crippen LogP contribution in [-0.2, 0) is 60.8 Å². The molecule has 418 valence electrons. The molecule has 0 spiro atoms. The van der Waals surface area contributed by atoms with Crippen molar-refractivity contribution in [2.45, 2.75) is 134 Å². The van der Waals surface area contributed by atoms with E-state index in [1.807, 2.05) is 18.2 Å². The van der Waals surface area contributed by atoms with Gasteiger partial charge in [0.25, 0.3) is 0 Å². The van der Waals surface area contributed by atoms with Crippen LogP contribution >= 0.6 is 0 Å². The molecule has 5 atom stereocenters. The topological polar surface area (TPSA) is 447 Å². The summed E-state index contributed by atoms with van der Waals surface area (Å²) < 4.78 is 0. The van der Waals surface area contributed by atoms with Crippen molar-refractivity contribution in [2.24, 2.45) is 49.8 Å². The molecule has 27 nitrogen and oxygen atoms in total. The van der Waals surface area contributed by atoms with E-state index < -0.39 is 108 Å². The first-order chi connectivity index (χ1) is 36.0. The van der Waals surface area contributed by atoms with Gasteiger partial charge in [0.15, 0.2) is 17.7 Å². The van der Waals surface area contributed by atoms with Crippen molar-refractivity contribution in [1.29, 1.82) is 0 Å². The fourth-order valence-corrected chi connectivity index (χ4v) is 8.18. The number of Topliss-reactive ketones (excluding diaryl/α,β-unsaturated/α-hetero) is 1. The van der Waals surface area contributed by atoms with Crippen molar-refractivity contribution >= 4 is 70.9 Å². The van der Waals surface area contributed by atoms with Crippen LogP contribution in [0.15, 0.2) is 52.8 Å². The van der Waals surface area contributed by atoms with Crippen LogP contribution in [0.5, 0.6) is 0 Å². The number of hydrogen-bond acceptors (Lipinski definition) is 13. The second-order valence-electron chi connectivity index (χ2n) is 18.9. The number of H-pyrrole nitrogens is 1. The number of benzene rings is 1. The summed E-state index contributed by atoms with van der Waals surface area (Å²) in [6.45, 7) is 4.18. The summed E-state index contributed by atoms with van der Waals surface area (Å²) in [5, 5.41) is 13.3. The van der Waals surface area contributed by atoms with Crippen molar-refractivity contribution in [3.8, 4) is 0 Å². The number of rotatable bonds is 34. The summed E-state index contributed by atoms with van der Waals surface area (Å²) in [7, 11) is 0. The molecule has 3 rings (SSSR count). The van der Waals surface area contributed by atoms with E-state index >= 15 is 0 Å². The van der Waals surface area contributed by atoms with Crippen LogP contribution in [0.2, 0.25) is 0 Å². The van der Waals surface area contributed by atoms with Crippen molar-refractivity contribution < 1.29 is 47.9 Å². The Kier molecular flexibility index (Phi) is 25.8. The Morgan fingerprint density at radius 3 is 2.07 bits per heavy atom. The van der Waals surface area contributed by atoms with Gasteiger partial charge in [-0.05, 0) is 77.2 Å². The lowest BCUT2D eigenvalue weighted by Gasteiger charge is -2.32. The van der Waals surface area contributed by atoms with Crippen LogP contribution in [0.25, 0.3) is 0 Å². The van der Waals surface area contributed by atoms with Crippen molar-refractivity contribution in [3.05, 3.63) is 54.1 Å². The van der Waals surface area contributed by atoms with Crippen molar-refractivity contribution in [2.75, 3.05) is 39.3 Å². The summed E-state index contributed by atoms with van der Waals surface area (Å²) in [5.41, 5.74) is 32.8. The molecule has 76 heavy (non-hydrogen) atoms. The Balaban J connectivity index is 1.93. The molecule has 1 saturated heterocycles. The van der Waals surface area contributed by atoms with Gasteiger partial charge >= 0.3 is 0 Å². The molecule has 18 N–H and O–H groups in total. The van der Waals surface area contributed by atoms with Gasteiger partial charge in [-0.3, -0.25) is 57.9 Å². The molecular formula is C49H77N17O10. The summed E-state index contributed by atoms with van der Waals surface area (Å²) in [6.07, 6.45) is 3.97. The lowest BCUT2D eigenvalue weighted by atomic mass is 9.90. The predicted molar refractivity (Wildman–Crippen MR) is 280 cm³/mol. The number of aromatic nitrogens is 2. The van der Waals surface area contributed by atoms with E-state index in [1.54, 1.807) is 25.3 Å². The number of ketones is 1. The number of amides is 9. The van der Waals surface area contributed by atoms with Crippen LogP contribution in [-0.4, -0.2) is 160 Å². The summed E-state index contributed by atoms with van der Waals surface area (Å²) in [5.74, 6) is -7.62. The van der Waals surface area contributed by atoms with Crippen LogP contribution in [0.3, 0.4) is 0 Å². The molecule has 1 fully saturated rings. The maximum absolute atomic E-state index is 14.7. The molecule has 0 saturated carbocycles. The van der Waals surface area contributed by atoms with Gasteiger partial charge in [0.05, 0.1) is 25.3 Å². The molecule has 1 aromatic heterocycles. The average Bonchev–Trinajstić information content (AvgIpc) is 4.09. The number of primary amides is 2. The lowest BCUT2D eigenvalue weighted by Crippen LogP contribution is -2.59. The normalized spacial score (nSPS) is 14.6. The highest BCUT2D eigenvalue weighted by Crippen LogP contribution is 2.22. The maximum atomic E-state index is 14.7. The molecule has 0 unspecified atom stereocenters. The molecule has 2 aromatic rings. The quantitative estimate of drug-likeness (QED) is 0.0142. The van der Waals surface area contributed by atoms with Gasteiger partial charge in [-0.25, -0.2) is 4.98 Å². The van der Waals surface area contributed by atoms with E-state index in [-0.39, 0.29) is 102 Å². The highest BCUT2D eigenvalue weighted by Gasteiger charge is 2.42. The van der Waals surface area contributed by atoms with E-state index in [2.05, 4.69) is 46.5 Å². The van der Waals surface area contributed by atoms with Gasteiger partial charge in [0, 0.05) is 63.9 Å². The molecule has 0 aliphatic carbocycles. The Hall–Kier alpha value is -8.13. The van der Waals surface area contributed by atoms with E-state index in [9.17, 15) is 47.9 Å². The van der Waals surface area contributed by atoms with Crippen molar-refractivity contribution in [3.63, 3.8) is 0 Å². The Morgan fingerprint density at radius 1 is 0.776 bits per heavy atom. The molecular weight excluding hydrogens is 987 g/mol. The number of nitrogens with zero attached hydrogens (tertiary/aromatic N) is 5. The second-order valence-corrected chi connectivity index (χ2v) is 18.9. The van der Waals surface area contributed by atoms with E-state index in [0.717, 1.165) is 11.3 Å².